The summed E-state index contributed by atoms with van der Waals surface area (Å²) in [6.45, 7) is 2.97. The molecule has 2 heterocycles. The van der Waals surface area contributed by atoms with Gasteiger partial charge in [-0.15, -0.1) is 0 Å². The van der Waals surface area contributed by atoms with Crippen LogP contribution in [0.25, 0.3) is 0 Å². The average Bonchev–Trinajstić information content (AvgIpc) is 3.32. The highest BCUT2D eigenvalue weighted by atomic mass is 32.1. The SMILES string of the molecule is CC(COc1ccc(Cc2sc(=O)[nH]c2O)cc1)N1CC(COc2ccccc2)OC1=O. The van der Waals surface area contributed by atoms with Crippen molar-refractivity contribution in [3.05, 3.63) is 74.7 Å². The highest BCUT2D eigenvalue weighted by Crippen LogP contribution is 2.22. The van der Waals surface area contributed by atoms with Crippen LogP contribution in [-0.2, 0) is 11.2 Å². The third kappa shape index (κ3) is 5.42. The Morgan fingerprint density at radius 2 is 1.84 bits per heavy atom. The number of thiazole rings is 1. The lowest BCUT2D eigenvalue weighted by atomic mass is 10.1. The lowest BCUT2D eigenvalue weighted by Crippen LogP contribution is -2.38. The number of benzene rings is 2. The number of amides is 1. The number of aromatic amines is 1. The van der Waals surface area contributed by atoms with E-state index in [-0.39, 0.29) is 29.0 Å². The van der Waals surface area contributed by atoms with Gasteiger partial charge in [0.1, 0.15) is 24.7 Å². The van der Waals surface area contributed by atoms with Crippen LogP contribution < -0.4 is 14.3 Å². The Morgan fingerprint density at radius 3 is 2.53 bits per heavy atom. The fourth-order valence-corrected chi connectivity index (χ4v) is 4.12. The molecule has 1 aromatic heterocycles. The van der Waals surface area contributed by atoms with Gasteiger partial charge >= 0.3 is 11.0 Å². The molecule has 0 saturated carbocycles. The van der Waals surface area contributed by atoms with Gasteiger partial charge in [-0.1, -0.05) is 41.7 Å². The van der Waals surface area contributed by atoms with E-state index in [4.69, 9.17) is 14.2 Å². The number of hydrogen-bond acceptors (Lipinski definition) is 7. The first kappa shape index (κ1) is 21.8. The summed E-state index contributed by atoms with van der Waals surface area (Å²) in [5.74, 6) is 1.32. The molecule has 168 valence electrons. The molecule has 0 spiro atoms. The van der Waals surface area contributed by atoms with Gasteiger partial charge in [-0.2, -0.15) is 0 Å². The Bertz CT molecular complexity index is 1100. The number of cyclic esters (lactones) is 1. The van der Waals surface area contributed by atoms with Gasteiger partial charge in [0.2, 0.25) is 5.88 Å². The quantitative estimate of drug-likeness (QED) is 0.512. The highest BCUT2D eigenvalue weighted by Gasteiger charge is 2.35. The number of rotatable bonds is 9. The van der Waals surface area contributed by atoms with Crippen molar-refractivity contribution in [1.82, 2.24) is 9.88 Å². The van der Waals surface area contributed by atoms with Crippen LogP contribution in [0.5, 0.6) is 17.4 Å². The lowest BCUT2D eigenvalue weighted by molar-refractivity contribution is 0.100. The molecule has 1 aliphatic rings. The predicted molar refractivity (Wildman–Crippen MR) is 120 cm³/mol. The second-order valence-electron chi connectivity index (χ2n) is 7.55. The Morgan fingerprint density at radius 1 is 1.12 bits per heavy atom. The van der Waals surface area contributed by atoms with Crippen molar-refractivity contribution in [2.45, 2.75) is 25.5 Å². The number of H-pyrrole nitrogens is 1. The fourth-order valence-electron chi connectivity index (χ4n) is 3.36. The second kappa shape index (κ2) is 9.78. The average molecular weight is 457 g/mol. The van der Waals surface area contributed by atoms with Crippen LogP contribution in [0.2, 0.25) is 0 Å². The molecule has 0 radical (unpaired) electrons. The van der Waals surface area contributed by atoms with Crippen LogP contribution in [0, 0.1) is 0 Å². The Hall–Kier alpha value is -3.46. The van der Waals surface area contributed by atoms with Gasteiger partial charge in [0.25, 0.3) is 0 Å². The zero-order chi connectivity index (χ0) is 22.5. The van der Waals surface area contributed by atoms with Gasteiger partial charge in [-0.05, 0) is 36.8 Å². The zero-order valence-electron chi connectivity index (χ0n) is 17.5. The lowest BCUT2D eigenvalue weighted by Gasteiger charge is -2.22. The van der Waals surface area contributed by atoms with E-state index in [1.807, 2.05) is 61.5 Å². The minimum Gasteiger partial charge on any atom is -0.494 e. The van der Waals surface area contributed by atoms with E-state index in [1.165, 1.54) is 0 Å². The minimum atomic E-state index is -0.372. The second-order valence-corrected chi connectivity index (χ2v) is 8.62. The molecule has 2 N–H and O–H groups in total. The monoisotopic (exact) mass is 456 g/mol. The number of nitrogens with zero attached hydrogens (tertiary/aromatic N) is 1. The summed E-state index contributed by atoms with van der Waals surface area (Å²) in [6, 6.07) is 16.7. The van der Waals surface area contributed by atoms with Crippen molar-refractivity contribution in [2.75, 3.05) is 19.8 Å². The number of hydrogen-bond donors (Lipinski definition) is 2. The van der Waals surface area contributed by atoms with Crippen molar-refractivity contribution in [3.63, 3.8) is 0 Å². The number of carbonyl (C=O) groups excluding carboxylic acids is 1. The van der Waals surface area contributed by atoms with Gasteiger partial charge in [-0.3, -0.25) is 14.7 Å². The van der Waals surface area contributed by atoms with E-state index < -0.39 is 0 Å². The third-order valence-corrected chi connectivity index (χ3v) is 5.96. The Balaban J connectivity index is 1.25. The topological polar surface area (TPSA) is 101 Å². The van der Waals surface area contributed by atoms with Crippen LogP contribution in [0.3, 0.4) is 0 Å². The molecule has 4 rings (SSSR count). The van der Waals surface area contributed by atoms with E-state index in [0.717, 1.165) is 22.6 Å². The van der Waals surface area contributed by atoms with E-state index in [2.05, 4.69) is 4.98 Å². The number of aromatic hydroxyl groups is 1. The van der Waals surface area contributed by atoms with Crippen LogP contribution in [-0.4, -0.2) is 53.0 Å². The van der Waals surface area contributed by atoms with E-state index in [9.17, 15) is 14.7 Å². The summed E-state index contributed by atoms with van der Waals surface area (Å²) in [6.07, 6.45) is -0.244. The van der Waals surface area contributed by atoms with Gasteiger partial charge in [0.15, 0.2) is 6.10 Å². The molecule has 32 heavy (non-hydrogen) atoms. The molecule has 0 aliphatic carbocycles. The summed E-state index contributed by atoms with van der Waals surface area (Å²) in [7, 11) is 0. The van der Waals surface area contributed by atoms with Crippen LogP contribution >= 0.6 is 11.3 Å². The molecular formula is C23H24N2O6S. The van der Waals surface area contributed by atoms with Gasteiger partial charge < -0.3 is 19.3 Å². The summed E-state index contributed by atoms with van der Waals surface area (Å²) in [5.41, 5.74) is 0.945. The first-order valence-corrected chi connectivity index (χ1v) is 11.1. The number of carbonyl (C=O) groups is 1. The van der Waals surface area contributed by atoms with Gasteiger partial charge in [0, 0.05) is 6.42 Å². The van der Waals surface area contributed by atoms with Gasteiger partial charge in [0.05, 0.1) is 17.5 Å². The summed E-state index contributed by atoms with van der Waals surface area (Å²) < 4.78 is 16.9. The maximum atomic E-state index is 12.2. The molecule has 2 aromatic carbocycles. The van der Waals surface area contributed by atoms with E-state index in [0.29, 0.717) is 36.8 Å². The predicted octanol–water partition coefficient (Wildman–Crippen LogP) is 3.40. The molecule has 1 aliphatic heterocycles. The highest BCUT2D eigenvalue weighted by molar-refractivity contribution is 7.09. The van der Waals surface area contributed by atoms with Gasteiger partial charge in [-0.25, -0.2) is 4.79 Å². The van der Waals surface area contributed by atoms with Crippen molar-refractivity contribution < 1.29 is 24.1 Å². The number of ether oxygens (including phenoxy) is 3. The number of nitrogens with one attached hydrogen (secondary N) is 1. The van der Waals surface area contributed by atoms with E-state index in [1.54, 1.807) is 4.90 Å². The molecular weight excluding hydrogens is 432 g/mol. The molecule has 2 atom stereocenters. The van der Waals surface area contributed by atoms with Crippen molar-refractivity contribution in [3.8, 4) is 17.4 Å². The molecule has 1 saturated heterocycles. The molecule has 0 bridgehead atoms. The van der Waals surface area contributed by atoms with E-state index >= 15 is 0 Å². The maximum Gasteiger partial charge on any atom is 0.410 e. The standard InChI is InChI=1S/C23H24N2O6S/c1-15(25-12-19(31-23(25)28)14-30-17-5-3-2-4-6-17)13-29-18-9-7-16(8-10-18)11-20-21(26)24-22(27)32-20/h2-10,15,19,26H,11-14H2,1H3,(H,24,27). The first-order valence-electron chi connectivity index (χ1n) is 10.3. The van der Waals surface area contributed by atoms with Crippen molar-refractivity contribution in [2.24, 2.45) is 0 Å². The molecule has 3 aromatic rings. The number of para-hydroxylation sites is 1. The Labute approximate surface area is 189 Å². The molecule has 1 fully saturated rings. The van der Waals surface area contributed by atoms with Crippen LogP contribution in [0.1, 0.15) is 17.4 Å². The molecule has 2 unspecified atom stereocenters. The summed E-state index contributed by atoms with van der Waals surface area (Å²) in [5, 5.41) is 9.71. The van der Waals surface area contributed by atoms with Crippen molar-refractivity contribution >= 4 is 17.4 Å². The fraction of sp³-hybridized carbons (Fsp3) is 0.304. The van der Waals surface area contributed by atoms with Crippen molar-refractivity contribution in [1.29, 1.82) is 0 Å². The third-order valence-electron chi connectivity index (χ3n) is 5.09. The molecule has 1 amide bonds. The largest absolute Gasteiger partial charge is 0.494 e. The minimum absolute atomic E-state index is 0.0841. The molecule has 9 heteroatoms. The zero-order valence-corrected chi connectivity index (χ0v) is 18.3. The smallest absolute Gasteiger partial charge is 0.410 e. The van der Waals surface area contributed by atoms with Crippen LogP contribution in [0.4, 0.5) is 4.79 Å². The number of aromatic nitrogens is 1. The summed E-state index contributed by atoms with van der Waals surface area (Å²) >= 11 is 0.993. The normalized spacial score (nSPS) is 16.6. The van der Waals surface area contributed by atoms with Crippen LogP contribution in [0.15, 0.2) is 59.4 Å². The maximum absolute atomic E-state index is 12.2. The molecule has 8 nitrogen and oxygen atoms in total. The summed E-state index contributed by atoms with van der Waals surface area (Å²) in [4.78, 5) is 27.9. The first-order chi connectivity index (χ1) is 15.5. The Kier molecular flexibility index (Phi) is 6.65.